The molecule has 1 aliphatic heterocycles. The first-order valence-electron chi connectivity index (χ1n) is 13.1. The predicted molar refractivity (Wildman–Crippen MR) is 157 cm³/mol. The van der Waals surface area contributed by atoms with E-state index in [1.807, 2.05) is 43.3 Å². The molecule has 4 aromatic rings. The summed E-state index contributed by atoms with van der Waals surface area (Å²) in [7, 11) is 0. The molecular formula is C29H31F2N7O2S. The Bertz CT molecular complexity index is 1450. The first kappa shape index (κ1) is 28.4. The van der Waals surface area contributed by atoms with Gasteiger partial charge in [-0.05, 0) is 61.6 Å². The number of hydrogen-bond acceptors (Lipinski definition) is 7. The van der Waals surface area contributed by atoms with Crippen LogP contribution in [0.4, 0.5) is 20.2 Å². The Morgan fingerprint density at radius 3 is 2.41 bits per heavy atom. The van der Waals surface area contributed by atoms with Crippen LogP contribution in [0.5, 0.6) is 5.75 Å². The van der Waals surface area contributed by atoms with E-state index in [-0.39, 0.29) is 18.7 Å². The number of aryl methyl sites for hydroxylation is 1. The van der Waals surface area contributed by atoms with Crippen LogP contribution < -0.4 is 20.4 Å². The molecule has 2 heterocycles. The van der Waals surface area contributed by atoms with E-state index in [1.54, 1.807) is 12.1 Å². The van der Waals surface area contributed by atoms with Gasteiger partial charge in [0.05, 0.1) is 6.54 Å². The molecule has 0 aliphatic carbocycles. The normalized spacial score (nSPS) is 15.3. The first-order valence-corrected chi connectivity index (χ1v) is 13.6. The number of piperazine rings is 1. The standard InChI is InChI=1S/C29H31F2N7O2S/c1-21-2-5-23(6-3-21)34-28(41)35-37-14-12-36(13-15-37)24-7-9-25(10-8-24)40-18-29(39,17-38-20-32-19-33-38)26-11-4-22(30)16-27(26)31/h2-11,16,19-20,39H,12-15,17-18H2,1H3,(H2,34,35,41). The maximum Gasteiger partial charge on any atom is 0.185 e. The zero-order valence-electron chi connectivity index (χ0n) is 22.5. The van der Waals surface area contributed by atoms with Crippen molar-refractivity contribution in [1.82, 2.24) is 25.2 Å². The average molecular weight is 580 g/mol. The molecular weight excluding hydrogens is 548 g/mol. The maximum absolute atomic E-state index is 14.6. The van der Waals surface area contributed by atoms with Crippen molar-refractivity contribution >= 4 is 28.7 Å². The summed E-state index contributed by atoms with van der Waals surface area (Å²) >= 11 is 5.46. The van der Waals surface area contributed by atoms with Gasteiger partial charge in [-0.25, -0.2) is 23.5 Å². The number of rotatable bonds is 9. The van der Waals surface area contributed by atoms with Gasteiger partial charge in [0.2, 0.25) is 0 Å². The number of nitrogens with zero attached hydrogens (tertiary/aromatic N) is 5. The lowest BCUT2D eigenvalue weighted by atomic mass is 9.94. The van der Waals surface area contributed by atoms with Crippen LogP contribution in [0.25, 0.3) is 0 Å². The second-order valence-electron chi connectivity index (χ2n) is 9.94. The summed E-state index contributed by atoms with van der Waals surface area (Å²) in [6.45, 7) is 4.76. The van der Waals surface area contributed by atoms with Crippen molar-refractivity contribution < 1.29 is 18.6 Å². The maximum atomic E-state index is 14.6. The van der Waals surface area contributed by atoms with Crippen molar-refractivity contribution in [2.45, 2.75) is 19.1 Å². The Kier molecular flexibility index (Phi) is 8.72. The second-order valence-corrected chi connectivity index (χ2v) is 10.3. The third-order valence-electron chi connectivity index (χ3n) is 6.85. The number of nitrogens with one attached hydrogen (secondary N) is 2. The van der Waals surface area contributed by atoms with Gasteiger partial charge in [-0.2, -0.15) is 5.10 Å². The fourth-order valence-corrected chi connectivity index (χ4v) is 4.88. The summed E-state index contributed by atoms with van der Waals surface area (Å²) in [5.74, 6) is -1.10. The van der Waals surface area contributed by atoms with Crippen LogP contribution in [-0.2, 0) is 12.1 Å². The summed E-state index contributed by atoms with van der Waals surface area (Å²) in [6, 6.07) is 18.6. The quantitative estimate of drug-likeness (QED) is 0.256. The van der Waals surface area contributed by atoms with Gasteiger partial charge in [0.25, 0.3) is 0 Å². The van der Waals surface area contributed by atoms with Crippen LogP contribution in [0.1, 0.15) is 11.1 Å². The lowest BCUT2D eigenvalue weighted by Gasteiger charge is -2.36. The Hall–Kier alpha value is -4.13. The highest BCUT2D eigenvalue weighted by molar-refractivity contribution is 7.80. The van der Waals surface area contributed by atoms with Crippen molar-refractivity contribution in [3.63, 3.8) is 0 Å². The van der Waals surface area contributed by atoms with Gasteiger partial charge >= 0.3 is 0 Å². The zero-order chi connectivity index (χ0) is 28.8. The fourth-order valence-electron chi connectivity index (χ4n) is 4.63. The summed E-state index contributed by atoms with van der Waals surface area (Å²) < 4.78 is 35.4. The minimum Gasteiger partial charge on any atom is -0.490 e. The number of benzene rings is 3. The molecule has 214 valence electrons. The highest BCUT2D eigenvalue weighted by Gasteiger charge is 2.35. The molecule has 1 saturated heterocycles. The van der Waals surface area contributed by atoms with E-state index in [1.165, 1.54) is 29.0 Å². The molecule has 1 unspecified atom stereocenters. The van der Waals surface area contributed by atoms with Gasteiger partial charge in [0, 0.05) is 49.2 Å². The Morgan fingerprint density at radius 1 is 1.02 bits per heavy atom. The first-order chi connectivity index (χ1) is 19.8. The fraction of sp³-hybridized carbons (Fsp3) is 0.276. The van der Waals surface area contributed by atoms with E-state index in [9.17, 15) is 13.9 Å². The SMILES string of the molecule is Cc1ccc(NC(=S)NN2CCN(c3ccc(OCC(O)(Cn4cncn4)c4ccc(F)cc4F)cc3)CC2)cc1. The number of anilines is 2. The minimum absolute atomic E-state index is 0.0916. The van der Waals surface area contributed by atoms with Crippen LogP contribution in [0.15, 0.2) is 79.4 Å². The van der Waals surface area contributed by atoms with Gasteiger partial charge in [-0.1, -0.05) is 23.8 Å². The molecule has 12 heteroatoms. The van der Waals surface area contributed by atoms with Gasteiger partial charge < -0.3 is 20.1 Å². The van der Waals surface area contributed by atoms with Crippen LogP contribution >= 0.6 is 12.2 Å². The molecule has 3 N–H and O–H groups in total. The average Bonchev–Trinajstić information content (AvgIpc) is 3.46. The topological polar surface area (TPSA) is 90.7 Å². The summed E-state index contributed by atoms with van der Waals surface area (Å²) in [5, 5.41) is 21.3. The van der Waals surface area contributed by atoms with Crippen molar-refractivity contribution in [3.05, 3.63) is 102 Å². The number of ether oxygens (including phenoxy) is 1. The van der Waals surface area contributed by atoms with Crippen LogP contribution in [0, 0.1) is 18.6 Å². The number of hydrogen-bond donors (Lipinski definition) is 3. The van der Waals surface area contributed by atoms with Crippen molar-refractivity contribution in [1.29, 1.82) is 0 Å². The molecule has 1 atom stereocenters. The number of halogens is 2. The molecule has 41 heavy (non-hydrogen) atoms. The van der Waals surface area contributed by atoms with Gasteiger partial charge in [-0.15, -0.1) is 0 Å². The predicted octanol–water partition coefficient (Wildman–Crippen LogP) is 3.86. The highest BCUT2D eigenvalue weighted by atomic mass is 32.1. The molecule has 5 rings (SSSR count). The van der Waals surface area contributed by atoms with Gasteiger partial charge in [0.1, 0.15) is 42.2 Å². The van der Waals surface area contributed by atoms with E-state index in [4.69, 9.17) is 17.0 Å². The van der Waals surface area contributed by atoms with Crippen LogP contribution in [-0.4, -0.2) is 62.8 Å². The lowest BCUT2D eigenvalue weighted by molar-refractivity contribution is -0.0297. The van der Waals surface area contributed by atoms with E-state index < -0.39 is 17.2 Å². The summed E-state index contributed by atoms with van der Waals surface area (Å²) in [5.41, 5.74) is 4.50. The smallest absolute Gasteiger partial charge is 0.185 e. The largest absolute Gasteiger partial charge is 0.490 e. The van der Waals surface area contributed by atoms with Crippen LogP contribution in [0.2, 0.25) is 0 Å². The lowest BCUT2D eigenvalue weighted by Crippen LogP contribution is -2.54. The molecule has 1 fully saturated rings. The van der Waals surface area contributed by atoms with Crippen molar-refractivity contribution in [3.8, 4) is 5.75 Å². The van der Waals surface area contributed by atoms with Gasteiger partial charge in [0.15, 0.2) is 5.11 Å². The molecule has 0 radical (unpaired) electrons. The Morgan fingerprint density at radius 2 is 1.76 bits per heavy atom. The molecule has 1 aromatic heterocycles. The van der Waals surface area contributed by atoms with E-state index in [0.717, 1.165) is 49.7 Å². The third kappa shape index (κ3) is 7.34. The zero-order valence-corrected chi connectivity index (χ0v) is 23.3. The van der Waals surface area contributed by atoms with Crippen LogP contribution in [0.3, 0.4) is 0 Å². The molecule has 0 saturated carbocycles. The number of thiocarbonyl (C=S) groups is 1. The Balaban J connectivity index is 1.15. The molecule has 1 aliphatic rings. The number of hydrazine groups is 1. The summed E-state index contributed by atoms with van der Waals surface area (Å²) in [4.78, 5) is 6.13. The molecule has 0 amide bonds. The molecule has 0 spiro atoms. The van der Waals surface area contributed by atoms with Gasteiger partial charge in [-0.3, -0.25) is 5.43 Å². The Labute approximate surface area is 242 Å². The summed E-state index contributed by atoms with van der Waals surface area (Å²) in [6.07, 6.45) is 2.72. The monoisotopic (exact) mass is 579 g/mol. The molecule has 3 aromatic carbocycles. The number of aromatic nitrogens is 3. The number of aliphatic hydroxyl groups is 1. The minimum atomic E-state index is -1.82. The van der Waals surface area contributed by atoms with Crippen molar-refractivity contribution in [2.24, 2.45) is 0 Å². The van der Waals surface area contributed by atoms with Crippen molar-refractivity contribution in [2.75, 3.05) is 43.0 Å². The molecule has 9 nitrogen and oxygen atoms in total. The second kappa shape index (κ2) is 12.6. The molecule has 0 bridgehead atoms. The third-order valence-corrected chi connectivity index (χ3v) is 7.04. The van der Waals surface area contributed by atoms with E-state index >= 15 is 0 Å². The van der Waals surface area contributed by atoms with E-state index in [0.29, 0.717) is 10.9 Å². The van der Waals surface area contributed by atoms with E-state index in [2.05, 4.69) is 30.7 Å². The highest BCUT2D eigenvalue weighted by Crippen LogP contribution is 2.29.